The maximum Gasteiger partial charge on any atom is 0.328 e. The van der Waals surface area contributed by atoms with Crippen LogP contribution in [0.25, 0.3) is 6.08 Å². The first-order valence-corrected chi connectivity index (χ1v) is 7.38. The van der Waals surface area contributed by atoms with Gasteiger partial charge in [0, 0.05) is 11.6 Å². The standard InChI is InChI=1S/C17H22O4/c1-20-16-9-7-13(8-10-17(18)19)11-14(16)12-21-15-5-3-2-4-6-15/h7-11,15H,2-6,12H2,1H3,(H,18,19). The van der Waals surface area contributed by atoms with Crippen molar-refractivity contribution < 1.29 is 19.4 Å². The molecule has 1 aliphatic rings. The van der Waals surface area contributed by atoms with Gasteiger partial charge in [0.2, 0.25) is 0 Å². The second-order valence-electron chi connectivity index (χ2n) is 5.31. The first-order valence-electron chi connectivity index (χ1n) is 7.38. The second-order valence-corrected chi connectivity index (χ2v) is 5.31. The van der Waals surface area contributed by atoms with Gasteiger partial charge in [0.15, 0.2) is 0 Å². The first kappa shape index (κ1) is 15.6. The summed E-state index contributed by atoms with van der Waals surface area (Å²) in [6.45, 7) is 0.503. The van der Waals surface area contributed by atoms with Crippen LogP contribution in [0.3, 0.4) is 0 Å². The number of ether oxygens (including phenoxy) is 2. The predicted molar refractivity (Wildman–Crippen MR) is 81.3 cm³/mol. The molecule has 0 spiro atoms. The largest absolute Gasteiger partial charge is 0.496 e. The van der Waals surface area contributed by atoms with Crippen LogP contribution in [-0.4, -0.2) is 24.3 Å². The van der Waals surface area contributed by atoms with Crippen LogP contribution in [0.15, 0.2) is 24.3 Å². The molecule has 1 fully saturated rings. The Morgan fingerprint density at radius 2 is 2.10 bits per heavy atom. The van der Waals surface area contributed by atoms with Crippen LogP contribution in [0, 0.1) is 0 Å². The summed E-state index contributed by atoms with van der Waals surface area (Å²) in [7, 11) is 1.63. The van der Waals surface area contributed by atoms with Gasteiger partial charge in [-0.15, -0.1) is 0 Å². The Hall–Kier alpha value is -1.81. The van der Waals surface area contributed by atoms with Gasteiger partial charge < -0.3 is 14.6 Å². The van der Waals surface area contributed by atoms with Gasteiger partial charge in [-0.2, -0.15) is 0 Å². The predicted octanol–water partition coefficient (Wildman–Crippen LogP) is 3.64. The summed E-state index contributed by atoms with van der Waals surface area (Å²) in [5.74, 6) is -0.177. The topological polar surface area (TPSA) is 55.8 Å². The summed E-state index contributed by atoms with van der Waals surface area (Å²) >= 11 is 0. The lowest BCUT2D eigenvalue weighted by atomic mass is 9.98. The van der Waals surface area contributed by atoms with Crippen molar-refractivity contribution in [1.29, 1.82) is 0 Å². The SMILES string of the molecule is COc1ccc(C=CC(=O)O)cc1COC1CCCCC1. The van der Waals surface area contributed by atoms with E-state index in [1.165, 1.54) is 19.3 Å². The van der Waals surface area contributed by atoms with E-state index in [1.54, 1.807) is 13.2 Å². The fourth-order valence-corrected chi connectivity index (χ4v) is 2.62. The molecule has 0 aliphatic heterocycles. The van der Waals surface area contributed by atoms with Crippen LogP contribution in [-0.2, 0) is 16.1 Å². The molecule has 21 heavy (non-hydrogen) atoms. The second kappa shape index (κ2) is 7.84. The molecule has 0 atom stereocenters. The van der Waals surface area contributed by atoms with E-state index in [0.29, 0.717) is 12.7 Å². The van der Waals surface area contributed by atoms with E-state index in [0.717, 1.165) is 35.8 Å². The summed E-state index contributed by atoms with van der Waals surface area (Å²) in [5, 5.41) is 8.68. The van der Waals surface area contributed by atoms with Crippen LogP contribution < -0.4 is 4.74 Å². The van der Waals surface area contributed by atoms with Crippen LogP contribution in [0.2, 0.25) is 0 Å². The maximum absolute atomic E-state index is 10.6. The molecule has 0 aromatic heterocycles. The molecule has 0 bridgehead atoms. The van der Waals surface area contributed by atoms with Crippen molar-refractivity contribution in [3.8, 4) is 5.75 Å². The number of methoxy groups -OCH3 is 1. The Labute approximate surface area is 125 Å². The molecule has 1 aliphatic carbocycles. The lowest BCUT2D eigenvalue weighted by Gasteiger charge is -2.22. The zero-order valence-electron chi connectivity index (χ0n) is 12.4. The number of rotatable bonds is 6. The highest BCUT2D eigenvalue weighted by molar-refractivity contribution is 5.85. The molecule has 1 aromatic carbocycles. The van der Waals surface area contributed by atoms with Gasteiger partial charge in [-0.05, 0) is 36.6 Å². The summed E-state index contributed by atoms with van der Waals surface area (Å²) in [6, 6.07) is 5.60. The molecule has 4 heteroatoms. The highest BCUT2D eigenvalue weighted by Crippen LogP contribution is 2.25. The number of aliphatic carboxylic acids is 1. The summed E-state index contributed by atoms with van der Waals surface area (Å²) in [5.41, 5.74) is 1.79. The van der Waals surface area contributed by atoms with E-state index in [1.807, 2.05) is 18.2 Å². The molecule has 0 radical (unpaired) electrons. The van der Waals surface area contributed by atoms with E-state index < -0.39 is 5.97 Å². The minimum atomic E-state index is -0.953. The van der Waals surface area contributed by atoms with Gasteiger partial charge in [-0.3, -0.25) is 0 Å². The van der Waals surface area contributed by atoms with Gasteiger partial charge in [0.05, 0.1) is 19.8 Å². The number of benzene rings is 1. The van der Waals surface area contributed by atoms with E-state index in [9.17, 15) is 4.79 Å². The van der Waals surface area contributed by atoms with Crippen molar-refractivity contribution in [3.63, 3.8) is 0 Å². The molecular formula is C17H22O4. The van der Waals surface area contributed by atoms with Crippen molar-refractivity contribution in [1.82, 2.24) is 0 Å². The minimum absolute atomic E-state index is 0.335. The Morgan fingerprint density at radius 1 is 1.33 bits per heavy atom. The lowest BCUT2D eigenvalue weighted by Crippen LogP contribution is -2.16. The fourth-order valence-electron chi connectivity index (χ4n) is 2.62. The molecule has 1 aromatic rings. The summed E-state index contributed by atoms with van der Waals surface area (Å²) in [6.07, 6.45) is 9.08. The fraction of sp³-hybridized carbons (Fsp3) is 0.471. The van der Waals surface area contributed by atoms with Gasteiger partial charge in [-0.1, -0.05) is 25.3 Å². The number of hydrogen-bond donors (Lipinski definition) is 1. The average Bonchev–Trinajstić information content (AvgIpc) is 2.52. The monoisotopic (exact) mass is 290 g/mol. The van der Waals surface area contributed by atoms with Crippen molar-refractivity contribution >= 4 is 12.0 Å². The van der Waals surface area contributed by atoms with Crippen LogP contribution in [0.5, 0.6) is 5.75 Å². The van der Waals surface area contributed by atoms with Crippen LogP contribution in [0.4, 0.5) is 0 Å². The Morgan fingerprint density at radius 3 is 2.76 bits per heavy atom. The maximum atomic E-state index is 10.6. The highest BCUT2D eigenvalue weighted by Gasteiger charge is 2.14. The van der Waals surface area contributed by atoms with Gasteiger partial charge >= 0.3 is 5.97 Å². The van der Waals surface area contributed by atoms with E-state index >= 15 is 0 Å². The average molecular weight is 290 g/mol. The summed E-state index contributed by atoms with van der Waals surface area (Å²) in [4.78, 5) is 10.6. The number of hydrogen-bond acceptors (Lipinski definition) is 3. The Kier molecular flexibility index (Phi) is 5.81. The zero-order chi connectivity index (χ0) is 15.1. The van der Waals surface area contributed by atoms with Crippen LogP contribution in [0.1, 0.15) is 43.2 Å². The number of carboxylic acid groups (broad SMARTS) is 1. The molecule has 1 saturated carbocycles. The van der Waals surface area contributed by atoms with Crippen LogP contribution >= 0.6 is 0 Å². The zero-order valence-corrected chi connectivity index (χ0v) is 12.4. The molecule has 0 unspecified atom stereocenters. The Bertz CT molecular complexity index is 502. The highest BCUT2D eigenvalue weighted by atomic mass is 16.5. The molecule has 4 nitrogen and oxygen atoms in total. The third-order valence-electron chi connectivity index (χ3n) is 3.75. The third-order valence-corrected chi connectivity index (χ3v) is 3.75. The van der Waals surface area contributed by atoms with Crippen molar-refractivity contribution in [3.05, 3.63) is 35.4 Å². The van der Waals surface area contributed by atoms with Crippen molar-refractivity contribution in [2.24, 2.45) is 0 Å². The minimum Gasteiger partial charge on any atom is -0.496 e. The normalized spacial score (nSPS) is 16.2. The smallest absolute Gasteiger partial charge is 0.328 e. The van der Waals surface area contributed by atoms with Gasteiger partial charge in [0.25, 0.3) is 0 Å². The molecule has 0 amide bonds. The van der Waals surface area contributed by atoms with Gasteiger partial charge in [0.1, 0.15) is 5.75 Å². The van der Waals surface area contributed by atoms with Crippen molar-refractivity contribution in [2.75, 3.05) is 7.11 Å². The third kappa shape index (κ3) is 4.90. The quantitative estimate of drug-likeness (QED) is 0.813. The van der Waals surface area contributed by atoms with Crippen molar-refractivity contribution in [2.45, 2.75) is 44.8 Å². The van der Waals surface area contributed by atoms with Gasteiger partial charge in [-0.25, -0.2) is 4.79 Å². The molecule has 1 N–H and O–H groups in total. The summed E-state index contributed by atoms with van der Waals surface area (Å²) < 4.78 is 11.3. The molecule has 0 heterocycles. The van der Waals surface area contributed by atoms with E-state index in [2.05, 4.69) is 0 Å². The molecular weight excluding hydrogens is 268 g/mol. The lowest BCUT2D eigenvalue weighted by molar-refractivity contribution is -0.131. The number of carbonyl (C=O) groups is 1. The molecule has 2 rings (SSSR count). The first-order chi connectivity index (χ1) is 10.2. The molecule has 0 saturated heterocycles. The number of carboxylic acids is 1. The van der Waals surface area contributed by atoms with E-state index in [4.69, 9.17) is 14.6 Å². The Balaban J connectivity index is 2.04. The molecule has 114 valence electrons. The van der Waals surface area contributed by atoms with E-state index in [-0.39, 0.29) is 0 Å².